The molecule has 0 saturated heterocycles. The van der Waals surface area contributed by atoms with Gasteiger partial charge in [0.15, 0.2) is 5.65 Å². The van der Waals surface area contributed by atoms with Crippen molar-refractivity contribution >= 4 is 46.4 Å². The molecule has 8 heteroatoms. The molecule has 2 aromatic heterocycles. The zero-order chi connectivity index (χ0) is 17.1. The topological polar surface area (TPSA) is 107 Å². The number of nitrogens with zero attached hydrogens (tertiary/aromatic N) is 2. The highest BCUT2D eigenvalue weighted by atomic mass is 35.5. The molecule has 0 bridgehead atoms. The average molecular weight is 343 g/mol. The minimum atomic E-state index is -0.207. The van der Waals surface area contributed by atoms with Gasteiger partial charge in [-0.15, -0.1) is 0 Å². The van der Waals surface area contributed by atoms with Gasteiger partial charge in [0, 0.05) is 35.2 Å². The zero-order valence-corrected chi connectivity index (χ0v) is 13.6. The Morgan fingerprint density at radius 2 is 2.29 bits per heavy atom. The lowest BCUT2D eigenvalue weighted by Gasteiger charge is -2.09. The van der Waals surface area contributed by atoms with Crippen LogP contribution in [0.2, 0.25) is 5.02 Å². The summed E-state index contributed by atoms with van der Waals surface area (Å²) in [5.41, 5.74) is 2.76. The van der Waals surface area contributed by atoms with Gasteiger partial charge in [0.1, 0.15) is 11.3 Å². The first-order chi connectivity index (χ1) is 11.6. The summed E-state index contributed by atoms with van der Waals surface area (Å²) in [6, 6.07) is 5.16. The van der Waals surface area contributed by atoms with E-state index in [0.717, 1.165) is 0 Å². The Bertz CT molecular complexity index is 920. The average Bonchev–Trinajstić information content (AvgIpc) is 3.00. The first-order valence-electron chi connectivity index (χ1n) is 7.31. The molecule has 0 aliphatic carbocycles. The molecule has 4 N–H and O–H groups in total. The van der Waals surface area contributed by atoms with Crippen molar-refractivity contribution in [3.63, 3.8) is 0 Å². The van der Waals surface area contributed by atoms with Gasteiger partial charge in [-0.3, -0.25) is 4.79 Å². The lowest BCUT2D eigenvalue weighted by molar-refractivity contribution is 0.0957. The van der Waals surface area contributed by atoms with E-state index in [4.69, 9.17) is 17.0 Å². The maximum atomic E-state index is 12.1. The minimum absolute atomic E-state index is 0.207. The van der Waals surface area contributed by atoms with Gasteiger partial charge in [0.05, 0.1) is 11.8 Å². The number of aromatic amines is 1. The van der Waals surface area contributed by atoms with Crippen LogP contribution >= 0.6 is 11.6 Å². The van der Waals surface area contributed by atoms with E-state index in [0.29, 0.717) is 45.4 Å². The summed E-state index contributed by atoms with van der Waals surface area (Å²) in [5, 5.41) is 13.9. The largest absolute Gasteiger partial charge is 0.352 e. The standard InChI is InChI=1S/C16H15ClN6O/c1-2-19-16(24)11-7-20-15-14(11)23-13(8-21-15)22-12-4-3-10(17)5-9(12)6-18/h3-8,18H,2H2,1H3,(H,19,24)(H,20,21)(H,22,23). The van der Waals surface area contributed by atoms with Crippen molar-refractivity contribution in [1.29, 1.82) is 5.41 Å². The van der Waals surface area contributed by atoms with Crippen molar-refractivity contribution in [2.75, 3.05) is 11.9 Å². The summed E-state index contributed by atoms with van der Waals surface area (Å²) in [7, 11) is 0. The predicted molar refractivity (Wildman–Crippen MR) is 94.5 cm³/mol. The molecule has 0 aliphatic heterocycles. The van der Waals surface area contributed by atoms with Gasteiger partial charge in [0.25, 0.3) is 5.91 Å². The molecule has 0 atom stereocenters. The monoisotopic (exact) mass is 342 g/mol. The lowest BCUT2D eigenvalue weighted by atomic mass is 10.2. The Balaban J connectivity index is 1.97. The zero-order valence-electron chi connectivity index (χ0n) is 12.9. The molecule has 0 fully saturated rings. The van der Waals surface area contributed by atoms with Gasteiger partial charge in [-0.05, 0) is 25.1 Å². The second kappa shape index (κ2) is 6.67. The van der Waals surface area contributed by atoms with Crippen LogP contribution in [0.15, 0.2) is 30.6 Å². The van der Waals surface area contributed by atoms with Crippen LogP contribution in [0, 0.1) is 5.41 Å². The Hall–Kier alpha value is -2.93. The molecule has 24 heavy (non-hydrogen) atoms. The van der Waals surface area contributed by atoms with Gasteiger partial charge in [-0.25, -0.2) is 9.97 Å². The van der Waals surface area contributed by atoms with Crippen molar-refractivity contribution in [2.45, 2.75) is 6.92 Å². The molecule has 0 saturated carbocycles. The molecule has 0 radical (unpaired) electrons. The van der Waals surface area contributed by atoms with E-state index in [-0.39, 0.29) is 5.91 Å². The van der Waals surface area contributed by atoms with E-state index in [2.05, 4.69) is 25.6 Å². The number of rotatable bonds is 5. The van der Waals surface area contributed by atoms with Crippen molar-refractivity contribution in [3.8, 4) is 0 Å². The van der Waals surface area contributed by atoms with Gasteiger partial charge in [-0.1, -0.05) is 11.6 Å². The van der Waals surface area contributed by atoms with Crippen molar-refractivity contribution in [2.24, 2.45) is 0 Å². The van der Waals surface area contributed by atoms with E-state index in [1.54, 1.807) is 30.6 Å². The third-order valence-electron chi connectivity index (χ3n) is 3.39. The van der Waals surface area contributed by atoms with Crippen LogP contribution in [0.25, 0.3) is 11.2 Å². The molecule has 1 amide bonds. The molecule has 122 valence electrons. The summed E-state index contributed by atoms with van der Waals surface area (Å²) in [6.45, 7) is 2.38. The number of halogens is 1. The van der Waals surface area contributed by atoms with E-state index in [9.17, 15) is 4.79 Å². The van der Waals surface area contributed by atoms with Crippen LogP contribution < -0.4 is 10.6 Å². The predicted octanol–water partition coefficient (Wildman–Crippen LogP) is 3.10. The normalized spacial score (nSPS) is 10.6. The molecule has 0 aliphatic rings. The molecule has 3 aromatic rings. The van der Waals surface area contributed by atoms with Crippen LogP contribution in [0.1, 0.15) is 22.8 Å². The number of aromatic nitrogens is 3. The molecule has 0 spiro atoms. The number of benzene rings is 1. The smallest absolute Gasteiger partial charge is 0.255 e. The summed E-state index contributed by atoms with van der Waals surface area (Å²) in [4.78, 5) is 23.7. The highest BCUT2D eigenvalue weighted by Gasteiger charge is 2.14. The van der Waals surface area contributed by atoms with Gasteiger partial charge in [-0.2, -0.15) is 0 Å². The quantitative estimate of drug-likeness (QED) is 0.534. The summed E-state index contributed by atoms with van der Waals surface area (Å²) in [6.07, 6.45) is 4.35. The Morgan fingerprint density at radius 3 is 3.04 bits per heavy atom. The SMILES string of the molecule is CCNC(=O)c1c[nH]c2ncc(Nc3ccc(Cl)cc3C=N)nc12. The second-order valence-corrected chi connectivity index (χ2v) is 5.45. The van der Waals surface area contributed by atoms with Crippen molar-refractivity contribution in [1.82, 2.24) is 20.3 Å². The third kappa shape index (κ3) is 3.07. The first kappa shape index (κ1) is 15.9. The van der Waals surface area contributed by atoms with Crippen LogP contribution in [0.4, 0.5) is 11.5 Å². The first-order valence-corrected chi connectivity index (χ1v) is 7.69. The second-order valence-electron chi connectivity index (χ2n) is 5.02. The van der Waals surface area contributed by atoms with Crippen LogP contribution in [0.3, 0.4) is 0 Å². The number of hydrogen-bond acceptors (Lipinski definition) is 5. The number of fused-ring (bicyclic) bond motifs is 1. The number of carbonyl (C=O) groups is 1. The van der Waals surface area contributed by atoms with E-state index < -0.39 is 0 Å². The lowest BCUT2D eigenvalue weighted by Crippen LogP contribution is -2.22. The van der Waals surface area contributed by atoms with E-state index >= 15 is 0 Å². The summed E-state index contributed by atoms with van der Waals surface area (Å²) < 4.78 is 0. The fraction of sp³-hybridized carbons (Fsp3) is 0.125. The maximum Gasteiger partial charge on any atom is 0.255 e. The Labute approximate surface area is 143 Å². The van der Waals surface area contributed by atoms with Crippen molar-refractivity contribution < 1.29 is 4.79 Å². The van der Waals surface area contributed by atoms with Crippen LogP contribution in [-0.4, -0.2) is 33.6 Å². The molecule has 0 unspecified atom stereocenters. The Morgan fingerprint density at radius 1 is 1.46 bits per heavy atom. The number of hydrogen-bond donors (Lipinski definition) is 4. The van der Waals surface area contributed by atoms with Gasteiger partial charge >= 0.3 is 0 Å². The number of amides is 1. The molecular formula is C16H15ClN6O. The third-order valence-corrected chi connectivity index (χ3v) is 3.63. The molecule has 1 aromatic carbocycles. The molecular weight excluding hydrogens is 328 g/mol. The number of anilines is 2. The van der Waals surface area contributed by atoms with E-state index in [1.807, 2.05) is 6.92 Å². The van der Waals surface area contributed by atoms with Crippen LogP contribution in [0.5, 0.6) is 0 Å². The number of H-pyrrole nitrogens is 1. The van der Waals surface area contributed by atoms with E-state index in [1.165, 1.54) is 6.21 Å². The number of nitrogens with one attached hydrogen (secondary N) is 4. The molecule has 7 nitrogen and oxygen atoms in total. The highest BCUT2D eigenvalue weighted by Crippen LogP contribution is 2.23. The summed E-state index contributed by atoms with van der Waals surface area (Å²) in [5.74, 6) is 0.264. The fourth-order valence-corrected chi connectivity index (χ4v) is 2.47. The van der Waals surface area contributed by atoms with Gasteiger partial charge in [0.2, 0.25) is 0 Å². The van der Waals surface area contributed by atoms with Crippen LogP contribution in [-0.2, 0) is 0 Å². The fourth-order valence-electron chi connectivity index (χ4n) is 2.29. The molecule has 3 rings (SSSR count). The maximum absolute atomic E-state index is 12.1. The number of carbonyl (C=O) groups excluding carboxylic acids is 1. The van der Waals surface area contributed by atoms with Gasteiger partial charge < -0.3 is 21.0 Å². The summed E-state index contributed by atoms with van der Waals surface area (Å²) >= 11 is 5.94. The Kier molecular flexibility index (Phi) is 4.43. The van der Waals surface area contributed by atoms with Crippen molar-refractivity contribution in [3.05, 3.63) is 46.7 Å². The highest BCUT2D eigenvalue weighted by molar-refractivity contribution is 6.31. The molecule has 2 heterocycles. The minimum Gasteiger partial charge on any atom is -0.352 e.